The average Bonchev–Trinajstić information content (AvgIpc) is 2.27. The molecular weight excluding hydrogens is 184 g/mol. The van der Waals surface area contributed by atoms with E-state index in [1.807, 2.05) is 18.2 Å². The fourth-order valence-corrected chi connectivity index (χ4v) is 1.85. The molecule has 0 spiro atoms. The van der Waals surface area contributed by atoms with E-state index in [0.717, 1.165) is 12.2 Å². The van der Waals surface area contributed by atoms with Gasteiger partial charge in [-0.1, -0.05) is 42.5 Å². The Balaban J connectivity index is 1.71. The van der Waals surface area contributed by atoms with Crippen molar-refractivity contribution in [1.82, 2.24) is 0 Å². The van der Waals surface area contributed by atoms with Crippen molar-refractivity contribution in [2.24, 2.45) is 0 Å². The Morgan fingerprint density at radius 3 is 2.47 bits per heavy atom. The van der Waals surface area contributed by atoms with Gasteiger partial charge in [-0.05, 0) is 22.8 Å². The minimum absolute atomic E-state index is 0.660. The molecule has 2 bridgehead atoms. The summed E-state index contributed by atoms with van der Waals surface area (Å²) < 4.78 is 5.77. The van der Waals surface area contributed by atoms with Crippen molar-refractivity contribution in [2.45, 2.75) is 13.0 Å². The zero-order valence-corrected chi connectivity index (χ0v) is 8.44. The lowest BCUT2D eigenvalue weighted by Crippen LogP contribution is -2.05. The van der Waals surface area contributed by atoms with Gasteiger partial charge in [-0.2, -0.15) is 0 Å². The van der Waals surface area contributed by atoms with E-state index in [2.05, 4.69) is 30.3 Å². The van der Waals surface area contributed by atoms with Gasteiger partial charge in [0.15, 0.2) is 0 Å². The highest BCUT2D eigenvalue weighted by Crippen LogP contribution is 2.31. The van der Waals surface area contributed by atoms with Gasteiger partial charge < -0.3 is 4.74 Å². The lowest BCUT2D eigenvalue weighted by Gasteiger charge is -2.19. The molecule has 0 aliphatic heterocycles. The normalized spacial score (nSPS) is 12.0. The zero-order valence-electron chi connectivity index (χ0n) is 8.44. The smallest absolute Gasteiger partial charge is 0.123 e. The van der Waals surface area contributed by atoms with Crippen LogP contribution in [0.4, 0.5) is 0 Å². The second-order valence-corrected chi connectivity index (χ2v) is 3.89. The number of rotatable bonds is 3. The maximum Gasteiger partial charge on any atom is 0.123 e. The van der Waals surface area contributed by atoms with Crippen molar-refractivity contribution < 1.29 is 4.74 Å². The molecule has 2 aromatic carbocycles. The fraction of sp³-hybridized carbons (Fsp3) is 0.143. The SMILES string of the molecule is c1ccc(COc2ccc3cc2C3)cc1. The van der Waals surface area contributed by atoms with Crippen LogP contribution in [0.1, 0.15) is 16.7 Å². The largest absolute Gasteiger partial charge is 0.489 e. The maximum absolute atomic E-state index is 5.77. The Bertz CT molecular complexity index is 470. The van der Waals surface area contributed by atoms with Crippen molar-refractivity contribution in [3.8, 4) is 5.75 Å². The Morgan fingerprint density at radius 1 is 1.00 bits per heavy atom. The maximum atomic E-state index is 5.77. The molecule has 0 unspecified atom stereocenters. The van der Waals surface area contributed by atoms with Crippen LogP contribution in [0.2, 0.25) is 0 Å². The Hall–Kier alpha value is -1.76. The summed E-state index contributed by atoms with van der Waals surface area (Å²) in [7, 11) is 0. The Kier molecular flexibility index (Phi) is 1.95. The van der Waals surface area contributed by atoms with E-state index in [1.54, 1.807) is 0 Å². The van der Waals surface area contributed by atoms with E-state index in [0.29, 0.717) is 6.61 Å². The third kappa shape index (κ3) is 1.61. The fourth-order valence-electron chi connectivity index (χ4n) is 1.85. The zero-order chi connectivity index (χ0) is 10.1. The average molecular weight is 196 g/mol. The second kappa shape index (κ2) is 3.43. The Labute approximate surface area is 89.3 Å². The Morgan fingerprint density at radius 2 is 1.80 bits per heavy atom. The van der Waals surface area contributed by atoms with Gasteiger partial charge in [0.2, 0.25) is 0 Å². The quantitative estimate of drug-likeness (QED) is 0.625. The predicted octanol–water partition coefficient (Wildman–Crippen LogP) is 3.17. The summed E-state index contributed by atoms with van der Waals surface area (Å²) in [5.74, 6) is 1.04. The monoisotopic (exact) mass is 196 g/mol. The summed E-state index contributed by atoms with van der Waals surface area (Å²) in [6, 6.07) is 16.7. The first-order chi connectivity index (χ1) is 7.42. The van der Waals surface area contributed by atoms with Crippen molar-refractivity contribution in [3.05, 3.63) is 65.2 Å². The molecule has 4 rings (SSSR count). The van der Waals surface area contributed by atoms with E-state index in [4.69, 9.17) is 4.74 Å². The molecule has 1 nitrogen and oxygen atoms in total. The minimum atomic E-state index is 0.660. The third-order valence-corrected chi connectivity index (χ3v) is 2.76. The highest BCUT2D eigenvalue weighted by atomic mass is 16.5. The van der Waals surface area contributed by atoms with Crippen molar-refractivity contribution in [2.75, 3.05) is 0 Å². The molecule has 0 fully saturated rings. The van der Waals surface area contributed by atoms with Crippen LogP contribution in [0, 0.1) is 0 Å². The molecule has 0 aromatic heterocycles. The molecule has 0 radical (unpaired) electrons. The molecule has 1 heteroatoms. The molecule has 0 saturated heterocycles. The lowest BCUT2D eigenvalue weighted by molar-refractivity contribution is 0.302. The molecule has 74 valence electrons. The van der Waals surface area contributed by atoms with E-state index >= 15 is 0 Å². The number of ether oxygens (including phenoxy) is 1. The predicted molar refractivity (Wildman–Crippen MR) is 60.0 cm³/mol. The molecule has 0 atom stereocenters. The molecule has 15 heavy (non-hydrogen) atoms. The van der Waals surface area contributed by atoms with Gasteiger partial charge >= 0.3 is 0 Å². The van der Waals surface area contributed by atoms with Crippen LogP contribution < -0.4 is 4.74 Å². The van der Waals surface area contributed by atoms with Crippen LogP contribution in [0.15, 0.2) is 48.5 Å². The van der Waals surface area contributed by atoms with E-state index in [9.17, 15) is 0 Å². The van der Waals surface area contributed by atoms with Gasteiger partial charge in [0.1, 0.15) is 12.4 Å². The van der Waals surface area contributed by atoms with Crippen molar-refractivity contribution in [1.29, 1.82) is 0 Å². The summed E-state index contributed by atoms with van der Waals surface area (Å²) >= 11 is 0. The summed E-state index contributed by atoms with van der Waals surface area (Å²) in [5, 5.41) is 0. The second-order valence-electron chi connectivity index (χ2n) is 3.89. The van der Waals surface area contributed by atoms with Crippen LogP contribution in [0.25, 0.3) is 0 Å². The van der Waals surface area contributed by atoms with E-state index in [1.165, 1.54) is 16.7 Å². The molecule has 2 aromatic rings. The van der Waals surface area contributed by atoms with Crippen LogP contribution in [0.3, 0.4) is 0 Å². The van der Waals surface area contributed by atoms with Gasteiger partial charge in [0, 0.05) is 6.42 Å². The van der Waals surface area contributed by atoms with Crippen LogP contribution in [-0.4, -0.2) is 0 Å². The van der Waals surface area contributed by atoms with Crippen LogP contribution in [-0.2, 0) is 13.0 Å². The first kappa shape index (κ1) is 8.54. The topological polar surface area (TPSA) is 9.23 Å². The number of hydrogen-bond acceptors (Lipinski definition) is 1. The van der Waals surface area contributed by atoms with Gasteiger partial charge in [-0.15, -0.1) is 0 Å². The molecule has 0 saturated carbocycles. The van der Waals surface area contributed by atoms with Crippen molar-refractivity contribution in [3.63, 3.8) is 0 Å². The summed E-state index contributed by atoms with van der Waals surface area (Å²) in [4.78, 5) is 0. The third-order valence-electron chi connectivity index (χ3n) is 2.76. The number of benzene rings is 2. The number of hydrogen-bond donors (Lipinski definition) is 0. The molecule has 2 aliphatic carbocycles. The standard InChI is InChI=1S/C14H12O/c1-2-4-11(5-3-1)10-15-14-7-6-12-8-13(14)9-12/h1-8H,9-10H2. The molecule has 2 aliphatic rings. The lowest BCUT2D eigenvalue weighted by atomic mass is 9.92. The molecular formula is C14H12O. The molecule has 0 N–H and O–H groups in total. The highest BCUT2D eigenvalue weighted by Gasteiger charge is 2.14. The van der Waals surface area contributed by atoms with E-state index < -0.39 is 0 Å². The van der Waals surface area contributed by atoms with Gasteiger partial charge in [-0.25, -0.2) is 0 Å². The van der Waals surface area contributed by atoms with E-state index in [-0.39, 0.29) is 0 Å². The first-order valence-electron chi connectivity index (χ1n) is 5.20. The van der Waals surface area contributed by atoms with Crippen LogP contribution >= 0.6 is 0 Å². The molecule has 0 amide bonds. The van der Waals surface area contributed by atoms with Gasteiger partial charge in [0.25, 0.3) is 0 Å². The summed E-state index contributed by atoms with van der Waals surface area (Å²) in [6.07, 6.45) is 1.08. The minimum Gasteiger partial charge on any atom is -0.489 e. The molecule has 0 heterocycles. The summed E-state index contributed by atoms with van der Waals surface area (Å²) in [6.45, 7) is 0.660. The highest BCUT2D eigenvalue weighted by molar-refractivity contribution is 5.48. The van der Waals surface area contributed by atoms with Crippen LogP contribution in [0.5, 0.6) is 5.75 Å². The van der Waals surface area contributed by atoms with Gasteiger partial charge in [-0.3, -0.25) is 0 Å². The van der Waals surface area contributed by atoms with Crippen molar-refractivity contribution >= 4 is 0 Å². The van der Waals surface area contributed by atoms with Gasteiger partial charge in [0.05, 0.1) is 0 Å². The number of fused-ring (bicyclic) bond motifs is 2. The first-order valence-corrected chi connectivity index (χ1v) is 5.20. The summed E-state index contributed by atoms with van der Waals surface area (Å²) in [5.41, 5.74) is 3.97.